The van der Waals surface area contributed by atoms with Crippen molar-refractivity contribution in [2.24, 2.45) is 7.05 Å². The Morgan fingerprint density at radius 3 is 2.78 bits per heavy atom. The Morgan fingerprint density at radius 1 is 1.30 bits per heavy atom. The number of hydrogen-bond donors (Lipinski definition) is 1. The summed E-state index contributed by atoms with van der Waals surface area (Å²) in [6.45, 7) is 2.96. The number of aromatic nitrogens is 3. The van der Waals surface area contributed by atoms with Gasteiger partial charge in [0.05, 0.1) is 27.8 Å². The molecule has 1 N–H and O–H groups in total. The minimum atomic E-state index is -0.559. The highest BCUT2D eigenvalue weighted by molar-refractivity contribution is 6.34. The maximum atomic E-state index is 14.4. The fourth-order valence-corrected chi connectivity index (χ4v) is 3.57. The zero-order valence-electron chi connectivity index (χ0n) is 14.6. The van der Waals surface area contributed by atoms with Gasteiger partial charge < -0.3 is 10.2 Å². The fraction of sp³-hybridized carbons (Fsp3) is 0.278. The molecule has 140 valence electrons. The second kappa shape index (κ2) is 6.65. The van der Waals surface area contributed by atoms with Crippen molar-refractivity contribution in [2.45, 2.75) is 13.0 Å². The molecular weight excluding hydrogens is 392 g/mol. The van der Waals surface area contributed by atoms with Crippen LogP contribution in [0.3, 0.4) is 0 Å². The van der Waals surface area contributed by atoms with E-state index in [-0.39, 0.29) is 11.6 Å². The van der Waals surface area contributed by atoms with E-state index in [1.807, 2.05) is 11.8 Å². The predicted molar refractivity (Wildman–Crippen MR) is 103 cm³/mol. The largest absolute Gasteiger partial charge is 0.366 e. The molecule has 3 heterocycles. The van der Waals surface area contributed by atoms with E-state index in [1.54, 1.807) is 17.8 Å². The van der Waals surface area contributed by atoms with Crippen LogP contribution in [0.1, 0.15) is 16.1 Å². The number of pyridine rings is 1. The number of amides is 1. The van der Waals surface area contributed by atoms with Gasteiger partial charge in [-0.3, -0.25) is 9.48 Å². The first-order valence-corrected chi connectivity index (χ1v) is 9.09. The highest BCUT2D eigenvalue weighted by atomic mass is 35.5. The number of rotatable bonds is 3. The number of carbonyl (C=O) groups excluding carboxylic acids is 1. The molecule has 6 nitrogen and oxygen atoms in total. The van der Waals surface area contributed by atoms with Crippen molar-refractivity contribution in [1.29, 1.82) is 0 Å². The Morgan fingerprint density at radius 2 is 2.04 bits per heavy atom. The molecule has 9 heteroatoms. The van der Waals surface area contributed by atoms with E-state index in [9.17, 15) is 9.18 Å². The van der Waals surface area contributed by atoms with Crippen LogP contribution in [0.4, 0.5) is 10.1 Å². The van der Waals surface area contributed by atoms with Gasteiger partial charge in [-0.2, -0.15) is 5.10 Å². The number of carbonyl (C=O) groups is 1. The van der Waals surface area contributed by atoms with E-state index >= 15 is 0 Å². The van der Waals surface area contributed by atoms with Crippen LogP contribution in [0.15, 0.2) is 24.4 Å². The molecular formula is C18H16Cl2FN5O. The van der Waals surface area contributed by atoms with E-state index < -0.39 is 11.7 Å². The molecule has 1 aliphatic heterocycles. The number of fused-ring (bicyclic) bond motifs is 1. The normalized spacial score (nSPS) is 14.5. The number of anilines is 1. The van der Waals surface area contributed by atoms with Gasteiger partial charge in [0.15, 0.2) is 0 Å². The van der Waals surface area contributed by atoms with Crippen molar-refractivity contribution in [3.63, 3.8) is 0 Å². The number of benzene rings is 1. The first kappa shape index (κ1) is 18.0. The Hall–Kier alpha value is -2.38. The quantitative estimate of drug-likeness (QED) is 0.676. The lowest BCUT2D eigenvalue weighted by Gasteiger charge is -2.41. The second-order valence-electron chi connectivity index (χ2n) is 6.59. The minimum absolute atomic E-state index is 0.0102. The topological polar surface area (TPSA) is 63.1 Å². The van der Waals surface area contributed by atoms with Gasteiger partial charge in [0.2, 0.25) is 0 Å². The monoisotopic (exact) mass is 407 g/mol. The number of halogens is 3. The average molecular weight is 408 g/mol. The summed E-state index contributed by atoms with van der Waals surface area (Å²) in [5, 5.41) is 8.70. The van der Waals surface area contributed by atoms with Gasteiger partial charge in [-0.1, -0.05) is 23.2 Å². The zero-order chi connectivity index (χ0) is 19.3. The van der Waals surface area contributed by atoms with Gasteiger partial charge in [0.25, 0.3) is 5.91 Å². The molecule has 1 amide bonds. The summed E-state index contributed by atoms with van der Waals surface area (Å²) >= 11 is 12.0. The molecule has 2 aromatic heterocycles. The average Bonchev–Trinajstić information content (AvgIpc) is 2.86. The van der Waals surface area contributed by atoms with E-state index in [0.717, 1.165) is 11.4 Å². The highest BCUT2D eigenvalue weighted by Crippen LogP contribution is 2.30. The van der Waals surface area contributed by atoms with E-state index in [0.29, 0.717) is 34.2 Å². The Kier molecular flexibility index (Phi) is 4.44. The lowest BCUT2D eigenvalue weighted by Crippen LogP contribution is -2.59. The molecule has 0 radical (unpaired) electrons. The SMILES string of the molecule is Cc1c2cc(F)c(C(=O)NC3CN(c4cc(Cl)ncc4Cl)C3)cc2nn1C. The molecule has 0 saturated carbocycles. The maximum absolute atomic E-state index is 14.4. The third-order valence-corrected chi connectivity index (χ3v) is 5.32. The molecule has 27 heavy (non-hydrogen) atoms. The minimum Gasteiger partial charge on any atom is -0.366 e. The third kappa shape index (κ3) is 3.21. The molecule has 1 aliphatic rings. The summed E-state index contributed by atoms with van der Waals surface area (Å²) in [6, 6.07) is 4.42. The van der Waals surface area contributed by atoms with Gasteiger partial charge in [-0.25, -0.2) is 9.37 Å². The van der Waals surface area contributed by atoms with Gasteiger partial charge in [0.1, 0.15) is 11.0 Å². The molecule has 1 aromatic carbocycles. The molecule has 3 aromatic rings. The Balaban J connectivity index is 1.47. The summed E-state index contributed by atoms with van der Waals surface area (Å²) < 4.78 is 16.1. The van der Waals surface area contributed by atoms with Crippen LogP contribution in [0.2, 0.25) is 10.2 Å². The molecule has 0 spiro atoms. The summed E-state index contributed by atoms with van der Waals surface area (Å²) in [5.41, 5.74) is 2.19. The molecule has 4 rings (SSSR count). The summed E-state index contributed by atoms with van der Waals surface area (Å²) in [4.78, 5) is 18.4. The van der Waals surface area contributed by atoms with Crippen LogP contribution in [0.5, 0.6) is 0 Å². The van der Waals surface area contributed by atoms with Gasteiger partial charge in [0, 0.05) is 43.5 Å². The van der Waals surface area contributed by atoms with Crippen LogP contribution < -0.4 is 10.2 Å². The molecule has 0 atom stereocenters. The number of hydrogen-bond acceptors (Lipinski definition) is 4. The van der Waals surface area contributed by atoms with Crippen LogP contribution in [-0.4, -0.2) is 39.8 Å². The number of aryl methyl sites for hydroxylation is 2. The van der Waals surface area contributed by atoms with E-state index in [2.05, 4.69) is 15.4 Å². The van der Waals surface area contributed by atoms with Crippen molar-refractivity contribution in [3.05, 3.63) is 51.6 Å². The molecule has 0 aliphatic carbocycles. The van der Waals surface area contributed by atoms with Gasteiger partial charge in [-0.15, -0.1) is 0 Å². The molecule has 0 unspecified atom stereocenters. The van der Waals surface area contributed by atoms with Crippen molar-refractivity contribution in [2.75, 3.05) is 18.0 Å². The van der Waals surface area contributed by atoms with Crippen molar-refractivity contribution >= 4 is 45.7 Å². The van der Waals surface area contributed by atoms with Crippen LogP contribution in [-0.2, 0) is 7.05 Å². The summed E-state index contributed by atoms with van der Waals surface area (Å²) in [6.07, 6.45) is 1.49. The van der Waals surface area contributed by atoms with Crippen LogP contribution in [0.25, 0.3) is 10.9 Å². The van der Waals surface area contributed by atoms with E-state index in [4.69, 9.17) is 23.2 Å². The standard InChI is InChI=1S/C18H16Cl2FN5O/c1-9-11-3-14(21)12(4-15(11)24-25(9)2)18(27)23-10-7-26(8-10)16-5-17(20)22-6-13(16)19/h3-6,10H,7-8H2,1-2H3,(H,23,27). The van der Waals surface area contributed by atoms with Gasteiger partial charge >= 0.3 is 0 Å². The van der Waals surface area contributed by atoms with Crippen LogP contribution >= 0.6 is 23.2 Å². The lowest BCUT2D eigenvalue weighted by atomic mass is 10.1. The number of nitrogens with zero attached hydrogens (tertiary/aromatic N) is 4. The molecule has 0 bridgehead atoms. The number of nitrogens with one attached hydrogen (secondary N) is 1. The van der Waals surface area contributed by atoms with Crippen molar-refractivity contribution in [3.8, 4) is 0 Å². The smallest absolute Gasteiger partial charge is 0.254 e. The first-order chi connectivity index (χ1) is 12.8. The first-order valence-electron chi connectivity index (χ1n) is 8.33. The summed E-state index contributed by atoms with van der Waals surface area (Å²) in [7, 11) is 1.78. The Labute approximate surface area is 164 Å². The lowest BCUT2D eigenvalue weighted by molar-refractivity contribution is 0.0926. The maximum Gasteiger partial charge on any atom is 0.254 e. The van der Waals surface area contributed by atoms with Gasteiger partial charge in [-0.05, 0) is 19.1 Å². The Bertz CT molecular complexity index is 1060. The highest BCUT2D eigenvalue weighted by Gasteiger charge is 2.30. The summed E-state index contributed by atoms with van der Waals surface area (Å²) in [5.74, 6) is -1.02. The van der Waals surface area contributed by atoms with Crippen molar-refractivity contribution < 1.29 is 9.18 Å². The third-order valence-electron chi connectivity index (χ3n) is 4.82. The van der Waals surface area contributed by atoms with Crippen molar-refractivity contribution in [1.82, 2.24) is 20.1 Å². The molecule has 1 fully saturated rings. The fourth-order valence-electron chi connectivity index (χ4n) is 3.19. The second-order valence-corrected chi connectivity index (χ2v) is 7.39. The molecule has 1 saturated heterocycles. The van der Waals surface area contributed by atoms with Crippen LogP contribution in [0, 0.1) is 12.7 Å². The zero-order valence-corrected chi connectivity index (χ0v) is 16.1. The van der Waals surface area contributed by atoms with E-state index in [1.165, 1.54) is 18.3 Å². The predicted octanol–water partition coefficient (Wildman–Crippen LogP) is 3.34.